The number of aromatic nitrogens is 3. The van der Waals surface area contributed by atoms with E-state index in [1.165, 1.54) is 16.8 Å². The third kappa shape index (κ3) is 4.91. The number of H-pyrrole nitrogens is 1. The molecule has 0 saturated heterocycles. The molecule has 1 aliphatic rings. The van der Waals surface area contributed by atoms with Crippen molar-refractivity contribution in [1.82, 2.24) is 20.5 Å². The highest BCUT2D eigenvalue weighted by Gasteiger charge is 2.25. The van der Waals surface area contributed by atoms with Gasteiger partial charge in [-0.25, -0.2) is 0 Å². The summed E-state index contributed by atoms with van der Waals surface area (Å²) in [6.07, 6.45) is 10.5. The first-order chi connectivity index (χ1) is 14.2. The largest absolute Gasteiger partial charge is 0.356 e. The molecular weight excluding hydrogens is 360 g/mol. The van der Waals surface area contributed by atoms with Crippen LogP contribution in [0.3, 0.4) is 0 Å². The van der Waals surface area contributed by atoms with Crippen LogP contribution < -0.4 is 5.32 Å². The molecule has 2 N–H and O–H groups in total. The summed E-state index contributed by atoms with van der Waals surface area (Å²) in [4.78, 5) is 16.4. The number of benzene rings is 1. The lowest BCUT2D eigenvalue weighted by atomic mass is 9.79. The number of nitrogens with one attached hydrogen (secondary N) is 2. The minimum Gasteiger partial charge on any atom is -0.356 e. The number of hydrogen-bond donors (Lipinski definition) is 2. The summed E-state index contributed by atoms with van der Waals surface area (Å²) in [6, 6.07) is 12.2. The van der Waals surface area contributed by atoms with E-state index in [-0.39, 0.29) is 5.91 Å². The molecule has 5 nitrogen and oxygen atoms in total. The van der Waals surface area contributed by atoms with Gasteiger partial charge in [-0.05, 0) is 61.8 Å². The number of hydrogen-bond acceptors (Lipinski definition) is 3. The monoisotopic (exact) mass is 388 g/mol. The van der Waals surface area contributed by atoms with Gasteiger partial charge in [-0.3, -0.25) is 14.9 Å². The molecule has 0 spiro atoms. The predicted molar refractivity (Wildman–Crippen MR) is 114 cm³/mol. The van der Waals surface area contributed by atoms with Crippen LogP contribution in [0.2, 0.25) is 0 Å². The Hall–Kier alpha value is -2.95. The number of carbonyl (C=O) groups excluding carboxylic acids is 1. The van der Waals surface area contributed by atoms with Crippen LogP contribution in [0.5, 0.6) is 0 Å². The van der Waals surface area contributed by atoms with Crippen LogP contribution in [0.1, 0.15) is 48.4 Å². The number of carbonyl (C=O) groups is 1. The van der Waals surface area contributed by atoms with Gasteiger partial charge in [0.15, 0.2) is 0 Å². The Kier molecular flexibility index (Phi) is 6.03. The molecule has 150 valence electrons. The van der Waals surface area contributed by atoms with Crippen LogP contribution >= 0.6 is 0 Å². The maximum atomic E-state index is 12.3. The summed E-state index contributed by atoms with van der Waals surface area (Å²) in [6.45, 7) is 2.83. The Morgan fingerprint density at radius 2 is 1.79 bits per heavy atom. The average Bonchev–Trinajstić information content (AvgIpc) is 3.25. The van der Waals surface area contributed by atoms with Gasteiger partial charge in [0.05, 0.1) is 12.6 Å². The Morgan fingerprint density at radius 3 is 2.52 bits per heavy atom. The third-order valence-corrected chi connectivity index (χ3v) is 5.99. The molecule has 29 heavy (non-hydrogen) atoms. The van der Waals surface area contributed by atoms with Crippen molar-refractivity contribution in [3.05, 3.63) is 71.8 Å². The molecule has 1 amide bonds. The van der Waals surface area contributed by atoms with E-state index in [9.17, 15) is 4.79 Å². The molecule has 4 rings (SSSR count). The average molecular weight is 389 g/mol. The molecule has 0 atom stereocenters. The van der Waals surface area contributed by atoms with Gasteiger partial charge in [0.1, 0.15) is 0 Å². The van der Waals surface area contributed by atoms with Gasteiger partial charge in [-0.1, -0.05) is 29.8 Å². The van der Waals surface area contributed by atoms with Crippen molar-refractivity contribution >= 4 is 5.91 Å². The summed E-state index contributed by atoms with van der Waals surface area (Å²) < 4.78 is 0. The molecule has 2 heterocycles. The molecule has 2 aromatic heterocycles. The molecule has 1 saturated carbocycles. The maximum absolute atomic E-state index is 12.3. The highest BCUT2D eigenvalue weighted by molar-refractivity contribution is 5.78. The predicted octanol–water partition coefficient (Wildman–Crippen LogP) is 4.41. The van der Waals surface area contributed by atoms with E-state index in [0.717, 1.165) is 43.4 Å². The van der Waals surface area contributed by atoms with Gasteiger partial charge in [0, 0.05) is 36.1 Å². The zero-order valence-corrected chi connectivity index (χ0v) is 16.9. The fraction of sp³-hybridized carbons (Fsp3) is 0.375. The first kappa shape index (κ1) is 19.4. The molecule has 3 aromatic rings. The molecule has 0 bridgehead atoms. The second kappa shape index (κ2) is 9.03. The minimum atomic E-state index is 0.115. The molecular formula is C24H28N4O. The van der Waals surface area contributed by atoms with Crippen LogP contribution in [0.15, 0.2) is 55.0 Å². The lowest BCUT2D eigenvalue weighted by molar-refractivity contribution is -0.120. The summed E-state index contributed by atoms with van der Waals surface area (Å²) in [5.41, 5.74) is 5.87. The second-order valence-corrected chi connectivity index (χ2v) is 8.12. The van der Waals surface area contributed by atoms with Crippen LogP contribution in [-0.4, -0.2) is 27.6 Å². The van der Waals surface area contributed by atoms with Crippen molar-refractivity contribution in [3.8, 4) is 11.1 Å². The van der Waals surface area contributed by atoms with Crippen LogP contribution in [-0.2, 0) is 11.2 Å². The van der Waals surface area contributed by atoms with Crippen LogP contribution in [0.25, 0.3) is 11.1 Å². The zero-order valence-electron chi connectivity index (χ0n) is 16.9. The van der Waals surface area contributed by atoms with Gasteiger partial charge >= 0.3 is 0 Å². The molecule has 1 aliphatic carbocycles. The van der Waals surface area contributed by atoms with Gasteiger partial charge in [-0.2, -0.15) is 5.10 Å². The Balaban J connectivity index is 1.27. The molecule has 0 unspecified atom stereocenters. The maximum Gasteiger partial charge on any atom is 0.224 e. The van der Waals surface area contributed by atoms with Crippen LogP contribution in [0.4, 0.5) is 0 Å². The molecule has 1 aromatic carbocycles. The van der Waals surface area contributed by atoms with Crippen molar-refractivity contribution in [2.45, 2.75) is 44.9 Å². The fourth-order valence-corrected chi connectivity index (χ4v) is 4.24. The normalized spacial score (nSPS) is 19.1. The van der Waals surface area contributed by atoms with E-state index in [1.54, 1.807) is 0 Å². The van der Waals surface area contributed by atoms with Gasteiger partial charge in [-0.15, -0.1) is 0 Å². The lowest BCUT2D eigenvalue weighted by Gasteiger charge is -2.28. The summed E-state index contributed by atoms with van der Waals surface area (Å²) in [5.74, 6) is 1.17. The zero-order chi connectivity index (χ0) is 20.1. The molecule has 0 aliphatic heterocycles. The molecule has 5 heteroatoms. The van der Waals surface area contributed by atoms with E-state index in [4.69, 9.17) is 0 Å². The SMILES string of the molecule is Cc1ccc(CC(=O)NCC2CCC(c3[nH]ncc3-c3ccncc3)CC2)cc1. The summed E-state index contributed by atoms with van der Waals surface area (Å²) in [7, 11) is 0. The van der Waals surface area contributed by atoms with Gasteiger partial charge < -0.3 is 5.32 Å². The summed E-state index contributed by atoms with van der Waals surface area (Å²) in [5, 5.41) is 10.7. The first-order valence-corrected chi connectivity index (χ1v) is 10.4. The Morgan fingerprint density at radius 1 is 1.07 bits per heavy atom. The Bertz CT molecular complexity index is 925. The van der Waals surface area contributed by atoms with Crippen LogP contribution in [0, 0.1) is 12.8 Å². The number of rotatable bonds is 6. The topological polar surface area (TPSA) is 70.7 Å². The van der Waals surface area contributed by atoms with E-state index < -0.39 is 0 Å². The quantitative estimate of drug-likeness (QED) is 0.657. The van der Waals surface area contributed by atoms with E-state index >= 15 is 0 Å². The van der Waals surface area contributed by atoms with Crippen molar-refractivity contribution in [1.29, 1.82) is 0 Å². The highest BCUT2D eigenvalue weighted by Crippen LogP contribution is 2.38. The van der Waals surface area contributed by atoms with Gasteiger partial charge in [0.25, 0.3) is 0 Å². The minimum absolute atomic E-state index is 0.115. The number of aromatic amines is 1. The number of pyridine rings is 1. The number of nitrogens with zero attached hydrogens (tertiary/aromatic N) is 2. The van der Waals surface area contributed by atoms with Crippen molar-refractivity contribution < 1.29 is 4.79 Å². The third-order valence-electron chi connectivity index (χ3n) is 5.99. The first-order valence-electron chi connectivity index (χ1n) is 10.4. The van der Waals surface area contributed by atoms with Gasteiger partial charge in [0.2, 0.25) is 5.91 Å². The number of aryl methyl sites for hydroxylation is 1. The molecule has 1 fully saturated rings. The second-order valence-electron chi connectivity index (χ2n) is 8.12. The Labute approximate surface area is 172 Å². The summed E-state index contributed by atoms with van der Waals surface area (Å²) >= 11 is 0. The van der Waals surface area contributed by atoms with Crippen molar-refractivity contribution in [2.75, 3.05) is 6.54 Å². The lowest BCUT2D eigenvalue weighted by Crippen LogP contribution is -2.32. The fourth-order valence-electron chi connectivity index (χ4n) is 4.24. The standard InChI is InChI=1S/C24H28N4O/c1-17-2-4-18(5-3-17)14-23(29)26-15-19-6-8-21(9-7-19)24-22(16-27-28-24)20-10-12-25-13-11-20/h2-5,10-13,16,19,21H,6-9,14-15H2,1H3,(H,26,29)(H,27,28). The van der Waals surface area contributed by atoms with Crippen molar-refractivity contribution in [2.24, 2.45) is 5.92 Å². The molecule has 0 radical (unpaired) electrons. The van der Waals surface area contributed by atoms with E-state index in [1.807, 2.05) is 42.9 Å². The van der Waals surface area contributed by atoms with E-state index in [2.05, 4.69) is 39.6 Å². The number of amides is 1. The highest BCUT2D eigenvalue weighted by atomic mass is 16.1. The smallest absolute Gasteiger partial charge is 0.224 e. The van der Waals surface area contributed by atoms with Crippen molar-refractivity contribution in [3.63, 3.8) is 0 Å². The van der Waals surface area contributed by atoms with E-state index in [0.29, 0.717) is 18.3 Å².